The van der Waals surface area contributed by atoms with Gasteiger partial charge in [0.05, 0.1) is 9.93 Å². The molecule has 0 atom stereocenters. The van der Waals surface area contributed by atoms with Gasteiger partial charge in [-0.1, -0.05) is 53.8 Å². The van der Waals surface area contributed by atoms with E-state index in [1.54, 1.807) is 37.4 Å². The molecule has 0 aromatic heterocycles. The van der Waals surface area contributed by atoms with Crippen molar-refractivity contribution in [3.63, 3.8) is 0 Å². The van der Waals surface area contributed by atoms with Crippen molar-refractivity contribution in [1.82, 2.24) is 4.90 Å². The van der Waals surface area contributed by atoms with Crippen molar-refractivity contribution in [1.29, 1.82) is 0 Å². The second-order valence-electron chi connectivity index (χ2n) is 5.30. The number of amides is 1. The minimum absolute atomic E-state index is 0.0410. The Hall–Kier alpha value is -1.89. The van der Waals surface area contributed by atoms with E-state index in [0.29, 0.717) is 25.6 Å². The molecule has 7 heteroatoms. The molecule has 25 heavy (non-hydrogen) atoms. The Kier molecular flexibility index (Phi) is 5.42. The van der Waals surface area contributed by atoms with Gasteiger partial charge in [-0.05, 0) is 35.9 Å². The van der Waals surface area contributed by atoms with Crippen molar-refractivity contribution in [3.05, 3.63) is 69.3 Å². The predicted molar refractivity (Wildman–Crippen MR) is 103 cm³/mol. The van der Waals surface area contributed by atoms with Gasteiger partial charge in [0.15, 0.2) is 0 Å². The van der Waals surface area contributed by atoms with E-state index in [9.17, 15) is 9.18 Å². The molecule has 3 nitrogen and oxygen atoms in total. The molecular weight excluding hydrogens is 381 g/mol. The monoisotopic (exact) mass is 393 g/mol. The quantitative estimate of drug-likeness (QED) is 0.546. The summed E-state index contributed by atoms with van der Waals surface area (Å²) in [6, 6.07) is 11.7. The molecule has 0 aliphatic carbocycles. The van der Waals surface area contributed by atoms with Gasteiger partial charge in [0.25, 0.3) is 5.91 Å². The Balaban J connectivity index is 1.69. The zero-order valence-electron chi connectivity index (χ0n) is 13.2. The highest BCUT2D eigenvalue weighted by Crippen LogP contribution is 2.31. The lowest BCUT2D eigenvalue weighted by atomic mass is 10.2. The first kappa shape index (κ1) is 17.9. The summed E-state index contributed by atoms with van der Waals surface area (Å²) in [6.45, 7) is 0.0410. The van der Waals surface area contributed by atoms with Crippen LogP contribution in [-0.4, -0.2) is 22.2 Å². The van der Waals surface area contributed by atoms with Crippen molar-refractivity contribution in [2.45, 2.75) is 6.61 Å². The molecule has 1 aliphatic rings. The van der Waals surface area contributed by atoms with Gasteiger partial charge in [0, 0.05) is 12.6 Å². The number of hydrogen-bond donors (Lipinski definition) is 0. The topological polar surface area (TPSA) is 29.5 Å². The summed E-state index contributed by atoms with van der Waals surface area (Å²) in [4.78, 5) is 14.0. The van der Waals surface area contributed by atoms with E-state index in [1.165, 1.54) is 22.7 Å². The zero-order chi connectivity index (χ0) is 18.0. The van der Waals surface area contributed by atoms with Crippen LogP contribution in [0.5, 0.6) is 5.75 Å². The number of halogens is 2. The third-order valence-electron chi connectivity index (χ3n) is 3.61. The van der Waals surface area contributed by atoms with Gasteiger partial charge in [-0.25, -0.2) is 4.39 Å². The molecule has 0 spiro atoms. The van der Waals surface area contributed by atoms with Gasteiger partial charge in [-0.2, -0.15) is 0 Å². The Bertz CT molecular complexity index is 848. The summed E-state index contributed by atoms with van der Waals surface area (Å²) in [5, 5.41) is 0.332. The number of ether oxygens (including phenoxy) is 1. The largest absolute Gasteiger partial charge is 0.489 e. The zero-order valence-corrected chi connectivity index (χ0v) is 15.6. The molecule has 2 aromatic rings. The molecule has 0 N–H and O–H groups in total. The highest BCUT2D eigenvalue weighted by Gasteiger charge is 2.28. The molecular formula is C18H13ClFNO2S2. The maximum Gasteiger partial charge on any atom is 0.265 e. The third-order valence-corrected chi connectivity index (χ3v) is 5.45. The van der Waals surface area contributed by atoms with Crippen molar-refractivity contribution in [3.8, 4) is 5.75 Å². The first-order valence-electron chi connectivity index (χ1n) is 7.33. The lowest BCUT2D eigenvalue weighted by Gasteiger charge is -2.09. The second-order valence-corrected chi connectivity index (χ2v) is 7.38. The number of rotatable bonds is 4. The van der Waals surface area contributed by atoms with Crippen molar-refractivity contribution < 1.29 is 13.9 Å². The van der Waals surface area contributed by atoms with Crippen LogP contribution < -0.4 is 4.74 Å². The van der Waals surface area contributed by atoms with Crippen LogP contribution in [0.3, 0.4) is 0 Å². The average Bonchev–Trinajstić information content (AvgIpc) is 2.83. The number of carbonyl (C=O) groups is 1. The summed E-state index contributed by atoms with van der Waals surface area (Å²) in [6.07, 6.45) is 1.78. The summed E-state index contributed by atoms with van der Waals surface area (Å²) in [5.41, 5.74) is 1.17. The number of hydrogen-bond acceptors (Lipinski definition) is 4. The summed E-state index contributed by atoms with van der Waals surface area (Å²) in [7, 11) is 1.66. The van der Waals surface area contributed by atoms with Crippen LogP contribution in [0.4, 0.5) is 4.39 Å². The molecule has 1 fully saturated rings. The minimum atomic E-state index is -0.397. The number of carbonyl (C=O) groups excluding carboxylic acids is 1. The van der Waals surface area contributed by atoms with Gasteiger partial charge in [-0.3, -0.25) is 9.69 Å². The normalized spacial score (nSPS) is 16.0. The Morgan fingerprint density at radius 2 is 2.00 bits per heavy atom. The van der Waals surface area contributed by atoms with Crippen molar-refractivity contribution in [2.24, 2.45) is 0 Å². The summed E-state index contributed by atoms with van der Waals surface area (Å²) in [5.74, 6) is 0.0785. The van der Waals surface area contributed by atoms with Gasteiger partial charge in [0.1, 0.15) is 22.5 Å². The van der Waals surface area contributed by atoms with E-state index < -0.39 is 5.82 Å². The molecule has 128 valence electrons. The van der Waals surface area contributed by atoms with E-state index in [2.05, 4.69) is 0 Å². The SMILES string of the molecule is CN1C(=O)/C(=C\c2ccc(OCc3c(F)cccc3Cl)cc2)SC1=S. The van der Waals surface area contributed by atoms with Gasteiger partial charge >= 0.3 is 0 Å². The molecule has 1 aliphatic heterocycles. The Labute approximate surface area is 159 Å². The molecule has 1 heterocycles. The highest BCUT2D eigenvalue weighted by atomic mass is 35.5. The third kappa shape index (κ3) is 4.03. The maximum absolute atomic E-state index is 13.7. The number of benzene rings is 2. The van der Waals surface area contributed by atoms with E-state index in [0.717, 1.165) is 5.56 Å². The fraction of sp³-hybridized carbons (Fsp3) is 0.111. The molecule has 1 amide bonds. The van der Waals surface area contributed by atoms with Crippen LogP contribution >= 0.6 is 35.6 Å². The number of thiocarbonyl (C=S) groups is 1. The summed E-state index contributed by atoms with van der Waals surface area (Å²) < 4.78 is 19.9. The lowest BCUT2D eigenvalue weighted by molar-refractivity contribution is -0.121. The predicted octanol–water partition coefficient (Wildman–Crippen LogP) is 4.89. The van der Waals surface area contributed by atoms with Crippen LogP contribution in [0.15, 0.2) is 47.4 Å². The summed E-state index contributed by atoms with van der Waals surface area (Å²) >= 11 is 12.4. The van der Waals surface area contributed by atoms with Crippen LogP contribution in [0.1, 0.15) is 11.1 Å². The first-order chi connectivity index (χ1) is 12.0. The fourth-order valence-electron chi connectivity index (χ4n) is 2.18. The molecule has 0 unspecified atom stereocenters. The van der Waals surface area contributed by atoms with Gasteiger partial charge < -0.3 is 4.74 Å². The first-order valence-corrected chi connectivity index (χ1v) is 8.93. The van der Waals surface area contributed by atoms with E-state index in [4.69, 9.17) is 28.6 Å². The average molecular weight is 394 g/mol. The standard InChI is InChI=1S/C18H13ClFNO2S2/c1-21-17(22)16(25-18(21)24)9-11-5-7-12(8-6-11)23-10-13-14(19)3-2-4-15(13)20/h2-9H,10H2,1H3/b16-9+. The Morgan fingerprint density at radius 3 is 2.60 bits per heavy atom. The molecule has 2 aromatic carbocycles. The van der Waals surface area contributed by atoms with Crippen molar-refractivity contribution >= 4 is 51.9 Å². The molecule has 0 bridgehead atoms. The second kappa shape index (κ2) is 7.56. The number of thioether (sulfide) groups is 1. The van der Waals surface area contributed by atoms with Crippen LogP contribution in [0, 0.1) is 5.82 Å². The smallest absolute Gasteiger partial charge is 0.265 e. The number of likely N-dealkylation sites (N-methyl/N-ethyl adjacent to an activating group) is 1. The van der Waals surface area contributed by atoms with E-state index in [-0.39, 0.29) is 12.5 Å². The molecule has 1 saturated heterocycles. The van der Waals surface area contributed by atoms with Crippen LogP contribution in [-0.2, 0) is 11.4 Å². The fourth-order valence-corrected chi connectivity index (χ4v) is 3.58. The van der Waals surface area contributed by atoms with E-state index >= 15 is 0 Å². The lowest BCUT2D eigenvalue weighted by Crippen LogP contribution is -2.22. The molecule has 0 radical (unpaired) electrons. The maximum atomic E-state index is 13.7. The molecule has 3 rings (SSSR count). The van der Waals surface area contributed by atoms with Crippen LogP contribution in [0.25, 0.3) is 6.08 Å². The van der Waals surface area contributed by atoms with Gasteiger partial charge in [-0.15, -0.1) is 0 Å². The number of nitrogens with zero attached hydrogens (tertiary/aromatic N) is 1. The molecule has 0 saturated carbocycles. The highest BCUT2D eigenvalue weighted by molar-refractivity contribution is 8.26. The van der Waals surface area contributed by atoms with E-state index in [1.807, 2.05) is 12.1 Å². The minimum Gasteiger partial charge on any atom is -0.489 e. The van der Waals surface area contributed by atoms with Crippen molar-refractivity contribution in [2.75, 3.05) is 7.05 Å². The van der Waals surface area contributed by atoms with Crippen LogP contribution in [0.2, 0.25) is 5.02 Å². The Morgan fingerprint density at radius 1 is 1.28 bits per heavy atom. The van der Waals surface area contributed by atoms with Gasteiger partial charge in [0.2, 0.25) is 0 Å².